The highest BCUT2D eigenvalue weighted by molar-refractivity contribution is 7.99. The first-order valence-electron chi connectivity index (χ1n) is 10.1. The maximum absolute atomic E-state index is 13.1. The number of rotatable bonds is 9. The molecule has 11 nitrogen and oxygen atoms in total. The molecule has 0 aromatic carbocycles. The minimum Gasteiger partial charge on any atom is -0.459 e. The monoisotopic (exact) mass is 462 g/mol. The predicted octanol–water partition coefficient (Wildman–Crippen LogP) is 2.20. The van der Waals surface area contributed by atoms with E-state index in [4.69, 9.17) is 14.6 Å². The zero-order chi connectivity index (χ0) is 23.4. The highest BCUT2D eigenvalue weighted by Gasteiger charge is 2.26. The smallest absolute Gasteiger partial charge is 0.330 e. The molecule has 0 aliphatic heterocycles. The van der Waals surface area contributed by atoms with Gasteiger partial charge in [0.15, 0.2) is 11.4 Å². The molecule has 0 atom stereocenters. The van der Waals surface area contributed by atoms with Crippen LogP contribution in [0.25, 0.3) is 11.7 Å². The summed E-state index contributed by atoms with van der Waals surface area (Å²) < 4.78 is 12.0. The van der Waals surface area contributed by atoms with Gasteiger partial charge in [0.1, 0.15) is 5.82 Å². The normalized spacial score (nSPS) is 11.4. The van der Waals surface area contributed by atoms with Crippen LogP contribution >= 0.6 is 11.8 Å². The lowest BCUT2D eigenvalue weighted by molar-refractivity contribution is -0.116. The Morgan fingerprint density at radius 1 is 1.25 bits per heavy atom. The topological polar surface area (TPSA) is 153 Å². The van der Waals surface area contributed by atoms with Crippen LogP contribution in [0.1, 0.15) is 27.7 Å². The number of nitrogens with zero attached hydrogens (tertiary/aromatic N) is 4. The van der Waals surface area contributed by atoms with E-state index in [9.17, 15) is 14.4 Å². The molecule has 3 heterocycles. The number of amides is 1. The van der Waals surface area contributed by atoms with Crippen LogP contribution in [0.15, 0.2) is 42.0 Å². The number of carbonyl (C=O) groups is 1. The summed E-state index contributed by atoms with van der Waals surface area (Å²) in [6.45, 7) is 8.22. The number of furan rings is 1. The third-order valence-electron chi connectivity index (χ3n) is 4.34. The number of thioether (sulfide) groups is 1. The van der Waals surface area contributed by atoms with Gasteiger partial charge in [0.2, 0.25) is 5.91 Å². The summed E-state index contributed by atoms with van der Waals surface area (Å²) >= 11 is 1.03. The van der Waals surface area contributed by atoms with Gasteiger partial charge in [0.25, 0.3) is 16.7 Å². The van der Waals surface area contributed by atoms with E-state index >= 15 is 0 Å². The number of nitrogen functional groups attached to an aromatic ring is 1. The quantitative estimate of drug-likeness (QED) is 0.455. The van der Waals surface area contributed by atoms with Gasteiger partial charge in [-0.05, 0) is 24.0 Å². The van der Waals surface area contributed by atoms with Gasteiger partial charge in [-0.1, -0.05) is 39.5 Å². The van der Waals surface area contributed by atoms with Crippen molar-refractivity contribution in [3.8, 4) is 11.7 Å². The van der Waals surface area contributed by atoms with Crippen LogP contribution in [0.3, 0.4) is 0 Å². The Labute approximate surface area is 188 Å². The second kappa shape index (κ2) is 9.90. The van der Waals surface area contributed by atoms with Crippen LogP contribution in [0.2, 0.25) is 0 Å². The molecule has 0 aliphatic rings. The first kappa shape index (κ1) is 23.4. The molecule has 0 saturated carbocycles. The fraction of sp³-hybridized carbons (Fsp3) is 0.450. The summed E-state index contributed by atoms with van der Waals surface area (Å²) in [7, 11) is 0. The molecule has 3 aromatic rings. The van der Waals surface area contributed by atoms with Gasteiger partial charge in [0.05, 0.1) is 12.0 Å². The molecule has 0 spiro atoms. The predicted molar refractivity (Wildman–Crippen MR) is 120 cm³/mol. The number of nitrogens with two attached hydrogens (primary N) is 1. The van der Waals surface area contributed by atoms with Crippen molar-refractivity contribution < 1.29 is 13.6 Å². The van der Waals surface area contributed by atoms with Crippen LogP contribution in [0, 0.1) is 11.8 Å². The average molecular weight is 463 g/mol. The Bertz CT molecular complexity index is 1180. The number of aromatic nitrogens is 4. The van der Waals surface area contributed by atoms with E-state index in [1.54, 1.807) is 12.1 Å². The van der Waals surface area contributed by atoms with Gasteiger partial charge in [-0.15, -0.1) is 10.2 Å². The van der Waals surface area contributed by atoms with Gasteiger partial charge in [-0.3, -0.25) is 19.1 Å². The molecule has 0 aliphatic carbocycles. The molecule has 32 heavy (non-hydrogen) atoms. The lowest BCUT2D eigenvalue weighted by Gasteiger charge is -2.26. The van der Waals surface area contributed by atoms with Gasteiger partial charge in [-0.2, -0.15) is 0 Å². The van der Waals surface area contributed by atoms with Crippen LogP contribution in [0.5, 0.6) is 0 Å². The molecule has 3 N–H and O–H groups in total. The Kier molecular flexibility index (Phi) is 7.23. The molecule has 0 bridgehead atoms. The molecule has 1 amide bonds. The van der Waals surface area contributed by atoms with E-state index in [1.165, 1.54) is 15.7 Å². The maximum Gasteiger partial charge on any atom is 0.330 e. The second-order valence-corrected chi connectivity index (χ2v) is 8.96. The van der Waals surface area contributed by atoms with Crippen molar-refractivity contribution in [3.63, 3.8) is 0 Å². The molecule has 12 heteroatoms. The number of aromatic amines is 1. The van der Waals surface area contributed by atoms with Gasteiger partial charge >= 0.3 is 5.69 Å². The molecule has 3 rings (SSSR count). The number of carbonyl (C=O) groups excluding carboxylic acids is 1. The van der Waals surface area contributed by atoms with Crippen molar-refractivity contribution in [1.82, 2.24) is 19.7 Å². The largest absolute Gasteiger partial charge is 0.459 e. The van der Waals surface area contributed by atoms with Crippen LogP contribution in [-0.4, -0.2) is 38.0 Å². The highest BCUT2D eigenvalue weighted by atomic mass is 32.2. The molecule has 0 fully saturated rings. The molecule has 3 aromatic heterocycles. The summed E-state index contributed by atoms with van der Waals surface area (Å²) in [5, 5.41) is 7.99. The molecule has 0 unspecified atom stereocenters. The lowest BCUT2D eigenvalue weighted by Crippen LogP contribution is -2.43. The maximum atomic E-state index is 13.1. The molecular formula is C20H26N6O5S. The summed E-state index contributed by atoms with van der Waals surface area (Å²) in [6.07, 6.45) is 1.49. The van der Waals surface area contributed by atoms with Crippen molar-refractivity contribution in [2.24, 2.45) is 11.8 Å². The average Bonchev–Trinajstić information content (AvgIpc) is 3.39. The van der Waals surface area contributed by atoms with Gasteiger partial charge in [0, 0.05) is 13.1 Å². The van der Waals surface area contributed by atoms with Gasteiger partial charge in [-0.25, -0.2) is 4.79 Å². The standard InChI is InChI=1S/C20H26N6O5S/c1-11(2)8-25(15-16(21)26(9-12(3)4)19(29)22-17(15)28)14(27)10-32-20-24-23-18(31-20)13-6-5-7-30-13/h5-7,11-12H,8-10,21H2,1-4H3,(H,22,28,29). The Balaban J connectivity index is 1.86. The summed E-state index contributed by atoms with van der Waals surface area (Å²) in [4.78, 5) is 41.6. The minimum atomic E-state index is -0.704. The van der Waals surface area contributed by atoms with Crippen LogP contribution in [0.4, 0.5) is 11.5 Å². The highest BCUT2D eigenvalue weighted by Crippen LogP contribution is 2.25. The summed E-state index contributed by atoms with van der Waals surface area (Å²) in [5.41, 5.74) is 4.86. The Hall–Kier alpha value is -3.28. The van der Waals surface area contributed by atoms with E-state index in [2.05, 4.69) is 15.2 Å². The van der Waals surface area contributed by atoms with Crippen LogP contribution in [-0.2, 0) is 11.3 Å². The van der Waals surface area contributed by atoms with Crippen LogP contribution < -0.4 is 21.9 Å². The number of H-pyrrole nitrogens is 1. The summed E-state index contributed by atoms with van der Waals surface area (Å²) in [6, 6.07) is 3.37. The molecule has 0 radical (unpaired) electrons. The fourth-order valence-corrected chi connectivity index (χ4v) is 3.68. The van der Waals surface area contributed by atoms with E-state index in [0.29, 0.717) is 12.3 Å². The third kappa shape index (κ3) is 5.31. The molecule has 172 valence electrons. The molecule has 0 saturated heterocycles. The molecular weight excluding hydrogens is 436 g/mol. The van der Waals surface area contributed by atoms with Crippen molar-refractivity contribution in [3.05, 3.63) is 39.2 Å². The summed E-state index contributed by atoms with van der Waals surface area (Å²) in [5.74, 6) is 0.281. The van der Waals surface area contributed by atoms with E-state index in [-0.39, 0.29) is 52.7 Å². The third-order valence-corrected chi connectivity index (χ3v) is 5.14. The van der Waals surface area contributed by atoms with Crippen molar-refractivity contribution >= 4 is 29.2 Å². The second-order valence-electron chi connectivity index (χ2n) is 8.03. The lowest BCUT2D eigenvalue weighted by atomic mass is 10.2. The van der Waals surface area contributed by atoms with Crippen molar-refractivity contribution in [2.45, 2.75) is 39.5 Å². The Morgan fingerprint density at radius 3 is 2.62 bits per heavy atom. The fourth-order valence-electron chi connectivity index (χ4n) is 3.04. The van der Waals surface area contributed by atoms with Crippen molar-refractivity contribution in [1.29, 1.82) is 0 Å². The number of hydrogen-bond acceptors (Lipinski definition) is 9. The SMILES string of the molecule is CC(C)CN(C(=O)CSc1nnc(-c2ccco2)o1)c1c(N)n(CC(C)C)c(=O)[nH]c1=O. The number of nitrogens with one attached hydrogen (secondary N) is 1. The first-order chi connectivity index (χ1) is 15.2. The van der Waals surface area contributed by atoms with E-state index in [0.717, 1.165) is 11.8 Å². The number of hydrogen-bond donors (Lipinski definition) is 2. The van der Waals surface area contributed by atoms with Gasteiger partial charge < -0.3 is 19.5 Å². The zero-order valence-electron chi connectivity index (χ0n) is 18.3. The minimum absolute atomic E-state index is 0.0358. The Morgan fingerprint density at radius 2 is 2.00 bits per heavy atom. The van der Waals surface area contributed by atoms with E-state index < -0.39 is 11.2 Å². The van der Waals surface area contributed by atoms with E-state index in [1.807, 2.05) is 27.7 Å². The number of anilines is 2. The first-order valence-corrected chi connectivity index (χ1v) is 11.1. The zero-order valence-corrected chi connectivity index (χ0v) is 19.1. The van der Waals surface area contributed by atoms with Crippen molar-refractivity contribution in [2.75, 3.05) is 22.9 Å².